The van der Waals surface area contributed by atoms with E-state index in [1.165, 1.54) is 11.0 Å². The van der Waals surface area contributed by atoms with Gasteiger partial charge in [-0.3, -0.25) is 14.5 Å². The number of imide groups is 1. The van der Waals surface area contributed by atoms with Crippen molar-refractivity contribution < 1.29 is 18.4 Å². The number of rotatable bonds is 4. The summed E-state index contributed by atoms with van der Waals surface area (Å²) in [6.45, 7) is 2.28. The Morgan fingerprint density at radius 1 is 1.32 bits per heavy atom. The van der Waals surface area contributed by atoms with E-state index >= 15 is 0 Å². The molecule has 2 rings (SSSR count). The van der Waals surface area contributed by atoms with E-state index in [4.69, 9.17) is 0 Å². The molecule has 4 nitrogen and oxygen atoms in total. The predicted octanol–water partition coefficient (Wildman–Crippen LogP) is 1.20. The highest BCUT2D eigenvalue weighted by Gasteiger charge is 2.36. The summed E-state index contributed by atoms with van der Waals surface area (Å²) in [5.74, 6) is -2.32. The first-order valence-electron chi connectivity index (χ1n) is 6.04. The van der Waals surface area contributed by atoms with Crippen LogP contribution in [0.15, 0.2) is 18.2 Å². The Morgan fingerprint density at radius 2 is 2.05 bits per heavy atom. The van der Waals surface area contributed by atoms with Crippen LogP contribution in [0, 0.1) is 11.6 Å². The number of carbonyl (C=O) groups is 2. The number of benzene rings is 1. The predicted molar refractivity (Wildman–Crippen MR) is 64.0 cm³/mol. The zero-order valence-corrected chi connectivity index (χ0v) is 10.5. The van der Waals surface area contributed by atoms with Crippen LogP contribution in [0.2, 0.25) is 0 Å². The Kier molecular flexibility index (Phi) is 3.90. The number of nitrogens with zero attached hydrogens (tertiary/aromatic N) is 1. The lowest BCUT2D eigenvalue weighted by Gasteiger charge is -2.13. The average Bonchev–Trinajstić information content (AvgIpc) is 2.65. The van der Waals surface area contributed by atoms with Crippen LogP contribution in [0.5, 0.6) is 0 Å². The maximum absolute atomic E-state index is 13.0. The second kappa shape index (κ2) is 5.44. The van der Waals surface area contributed by atoms with E-state index in [-0.39, 0.29) is 24.8 Å². The molecule has 2 amide bonds. The van der Waals surface area contributed by atoms with Crippen LogP contribution in [-0.4, -0.2) is 29.3 Å². The second-order valence-corrected chi connectivity index (χ2v) is 4.36. The normalized spacial score (nSPS) is 19.3. The highest BCUT2D eigenvalue weighted by atomic mass is 19.2. The zero-order valence-electron chi connectivity index (χ0n) is 10.5. The summed E-state index contributed by atoms with van der Waals surface area (Å²) >= 11 is 0. The van der Waals surface area contributed by atoms with E-state index in [0.717, 1.165) is 12.1 Å². The number of amides is 2. The monoisotopic (exact) mass is 268 g/mol. The summed E-state index contributed by atoms with van der Waals surface area (Å²) < 4.78 is 25.8. The minimum absolute atomic E-state index is 0.107. The van der Waals surface area contributed by atoms with Crippen molar-refractivity contribution in [3.8, 4) is 0 Å². The van der Waals surface area contributed by atoms with Crippen molar-refractivity contribution >= 4 is 11.8 Å². The molecule has 1 saturated heterocycles. The number of hydrogen-bond acceptors (Lipinski definition) is 3. The third-order valence-corrected chi connectivity index (χ3v) is 3.10. The standard InChI is InChI=1S/C13H14F2N2O2/c1-2-17-12(18)6-11(13(17)19)16-7-8-3-4-9(14)10(15)5-8/h3-5,11,16H,2,6-7H2,1H3. The fraction of sp³-hybridized carbons (Fsp3) is 0.385. The van der Waals surface area contributed by atoms with Gasteiger partial charge in [0.25, 0.3) is 0 Å². The van der Waals surface area contributed by atoms with E-state index < -0.39 is 17.7 Å². The molecule has 6 heteroatoms. The molecule has 1 heterocycles. The van der Waals surface area contributed by atoms with E-state index in [2.05, 4.69) is 5.32 Å². The van der Waals surface area contributed by atoms with Crippen LogP contribution in [0.4, 0.5) is 8.78 Å². The van der Waals surface area contributed by atoms with Gasteiger partial charge in [0.15, 0.2) is 11.6 Å². The van der Waals surface area contributed by atoms with Gasteiger partial charge in [-0.05, 0) is 24.6 Å². The van der Waals surface area contributed by atoms with Crippen molar-refractivity contribution in [1.29, 1.82) is 0 Å². The fourth-order valence-electron chi connectivity index (χ4n) is 2.07. The maximum Gasteiger partial charge on any atom is 0.246 e. The molecule has 102 valence electrons. The van der Waals surface area contributed by atoms with Crippen LogP contribution in [0.3, 0.4) is 0 Å². The Bertz CT molecular complexity index is 519. The minimum atomic E-state index is -0.927. The van der Waals surface area contributed by atoms with Crippen molar-refractivity contribution in [2.75, 3.05) is 6.54 Å². The van der Waals surface area contributed by atoms with Crippen molar-refractivity contribution in [1.82, 2.24) is 10.2 Å². The third kappa shape index (κ3) is 2.78. The molecule has 0 saturated carbocycles. The van der Waals surface area contributed by atoms with E-state index in [1.54, 1.807) is 6.92 Å². The number of hydrogen-bond donors (Lipinski definition) is 1. The molecule has 0 spiro atoms. The molecular formula is C13H14F2N2O2. The molecule has 1 atom stereocenters. The molecule has 19 heavy (non-hydrogen) atoms. The summed E-state index contributed by atoms with van der Waals surface area (Å²) in [5.41, 5.74) is 0.522. The first kappa shape index (κ1) is 13.6. The maximum atomic E-state index is 13.0. The molecule has 1 aromatic rings. The number of halogens is 2. The molecule has 1 unspecified atom stereocenters. The fourth-order valence-corrected chi connectivity index (χ4v) is 2.07. The average molecular weight is 268 g/mol. The van der Waals surface area contributed by atoms with Gasteiger partial charge in [0.2, 0.25) is 11.8 Å². The number of nitrogens with one attached hydrogen (secondary N) is 1. The lowest BCUT2D eigenvalue weighted by Crippen LogP contribution is -2.38. The first-order chi connectivity index (χ1) is 9.02. The lowest BCUT2D eigenvalue weighted by atomic mass is 10.2. The highest BCUT2D eigenvalue weighted by Crippen LogP contribution is 2.14. The number of likely N-dealkylation sites (N-methyl/N-ethyl adjacent to an activating group) is 1. The molecule has 0 aliphatic carbocycles. The van der Waals surface area contributed by atoms with Crippen LogP contribution in [0.1, 0.15) is 18.9 Å². The second-order valence-electron chi connectivity index (χ2n) is 4.36. The summed E-state index contributed by atoms with van der Waals surface area (Å²) in [5, 5.41) is 2.89. The van der Waals surface area contributed by atoms with Crippen LogP contribution >= 0.6 is 0 Å². The first-order valence-corrected chi connectivity index (χ1v) is 6.04. The van der Waals surface area contributed by atoms with Gasteiger partial charge in [0, 0.05) is 13.1 Å². The zero-order chi connectivity index (χ0) is 14.0. The van der Waals surface area contributed by atoms with E-state index in [9.17, 15) is 18.4 Å². The van der Waals surface area contributed by atoms with Gasteiger partial charge in [-0.25, -0.2) is 8.78 Å². The van der Waals surface area contributed by atoms with Crippen LogP contribution in [-0.2, 0) is 16.1 Å². The van der Waals surface area contributed by atoms with Crippen molar-refractivity contribution in [2.45, 2.75) is 25.9 Å². The number of carbonyl (C=O) groups excluding carboxylic acids is 2. The molecule has 1 aliphatic heterocycles. The van der Waals surface area contributed by atoms with Gasteiger partial charge in [0.05, 0.1) is 12.5 Å². The van der Waals surface area contributed by atoms with E-state index in [1.807, 2.05) is 0 Å². The van der Waals surface area contributed by atoms with Crippen molar-refractivity contribution in [3.05, 3.63) is 35.4 Å². The van der Waals surface area contributed by atoms with Crippen molar-refractivity contribution in [2.24, 2.45) is 0 Å². The molecule has 1 aliphatic rings. The molecular weight excluding hydrogens is 254 g/mol. The van der Waals surface area contributed by atoms with Crippen LogP contribution in [0.25, 0.3) is 0 Å². The topological polar surface area (TPSA) is 49.4 Å². The van der Waals surface area contributed by atoms with Gasteiger partial charge in [-0.2, -0.15) is 0 Å². The summed E-state index contributed by atoms with van der Waals surface area (Å²) in [4.78, 5) is 24.5. The Morgan fingerprint density at radius 3 is 2.63 bits per heavy atom. The molecule has 1 fully saturated rings. The summed E-state index contributed by atoms with van der Waals surface area (Å²) in [7, 11) is 0. The molecule has 0 bridgehead atoms. The Balaban J connectivity index is 1.98. The van der Waals surface area contributed by atoms with E-state index in [0.29, 0.717) is 12.1 Å². The summed E-state index contributed by atoms with van der Waals surface area (Å²) in [6, 6.07) is 2.96. The Labute approximate surface area is 109 Å². The van der Waals surface area contributed by atoms with Gasteiger partial charge in [-0.1, -0.05) is 6.07 Å². The van der Waals surface area contributed by atoms with Gasteiger partial charge >= 0.3 is 0 Å². The third-order valence-electron chi connectivity index (χ3n) is 3.10. The summed E-state index contributed by atoms with van der Waals surface area (Å²) in [6.07, 6.45) is 0.107. The van der Waals surface area contributed by atoms with Crippen LogP contribution < -0.4 is 5.32 Å². The molecule has 0 radical (unpaired) electrons. The minimum Gasteiger partial charge on any atom is -0.301 e. The largest absolute Gasteiger partial charge is 0.301 e. The molecule has 0 aromatic heterocycles. The SMILES string of the molecule is CCN1C(=O)CC(NCc2ccc(F)c(F)c2)C1=O. The Hall–Kier alpha value is -1.82. The van der Waals surface area contributed by atoms with Gasteiger partial charge in [-0.15, -0.1) is 0 Å². The lowest BCUT2D eigenvalue weighted by molar-refractivity contribution is -0.138. The smallest absolute Gasteiger partial charge is 0.246 e. The van der Waals surface area contributed by atoms with Crippen molar-refractivity contribution in [3.63, 3.8) is 0 Å². The molecule has 1 N–H and O–H groups in total. The number of likely N-dealkylation sites (tertiary alicyclic amines) is 1. The highest BCUT2D eigenvalue weighted by molar-refractivity contribution is 6.05. The van der Waals surface area contributed by atoms with Gasteiger partial charge in [0.1, 0.15) is 0 Å². The molecule has 1 aromatic carbocycles. The van der Waals surface area contributed by atoms with Gasteiger partial charge < -0.3 is 5.32 Å². The quantitative estimate of drug-likeness (QED) is 0.835.